The van der Waals surface area contributed by atoms with Gasteiger partial charge in [-0.05, 0) is 18.9 Å². The summed E-state index contributed by atoms with van der Waals surface area (Å²) >= 11 is 11.9. The first-order valence-electron chi connectivity index (χ1n) is 8.09. The normalized spacial score (nSPS) is 18.2. The van der Waals surface area contributed by atoms with Crippen LogP contribution >= 0.6 is 23.2 Å². The van der Waals surface area contributed by atoms with Crippen LogP contribution < -0.4 is 10.2 Å². The van der Waals surface area contributed by atoms with E-state index in [-0.39, 0.29) is 23.9 Å². The third-order valence-corrected chi connectivity index (χ3v) is 4.78. The summed E-state index contributed by atoms with van der Waals surface area (Å²) in [6.07, 6.45) is 2.38. The van der Waals surface area contributed by atoms with Gasteiger partial charge in [0.05, 0.1) is 27.8 Å². The van der Waals surface area contributed by atoms with E-state index in [1.54, 1.807) is 6.07 Å². The van der Waals surface area contributed by atoms with Crippen LogP contribution in [0.3, 0.4) is 0 Å². The smallest absolute Gasteiger partial charge is 0.417 e. The lowest BCUT2D eigenvalue weighted by Gasteiger charge is -2.22. The van der Waals surface area contributed by atoms with Crippen molar-refractivity contribution in [2.24, 2.45) is 5.92 Å². The van der Waals surface area contributed by atoms with E-state index in [2.05, 4.69) is 25.3 Å². The lowest BCUT2D eigenvalue weighted by molar-refractivity contribution is 0.177. The molecule has 1 N–H and O–H groups in total. The molecule has 0 aliphatic carbocycles. The molecule has 1 aliphatic rings. The number of hydrogen-bond donors (Lipinski definition) is 1. The molecule has 1 unspecified atom stereocenters. The molecule has 1 aliphatic heterocycles. The number of rotatable bonds is 5. The first-order valence-corrected chi connectivity index (χ1v) is 8.85. The molecule has 3 heterocycles. The van der Waals surface area contributed by atoms with Crippen molar-refractivity contribution in [2.75, 3.05) is 16.8 Å². The molecular formula is C16H18Cl2N6O2. The Morgan fingerprint density at radius 2 is 2.00 bits per heavy atom. The molecule has 0 spiro atoms. The summed E-state index contributed by atoms with van der Waals surface area (Å²) in [5.41, 5.74) is 0.682. The zero-order valence-corrected chi connectivity index (χ0v) is 16.0. The average molecular weight is 397 g/mol. The van der Waals surface area contributed by atoms with E-state index in [9.17, 15) is 4.79 Å². The summed E-state index contributed by atoms with van der Waals surface area (Å²) in [4.78, 5) is 30.3. The van der Waals surface area contributed by atoms with Gasteiger partial charge in [-0.3, -0.25) is 4.98 Å². The Morgan fingerprint density at radius 3 is 2.69 bits per heavy atom. The molecule has 26 heavy (non-hydrogen) atoms. The molecule has 3 rings (SSSR count). The topological polar surface area (TPSA) is 93.1 Å². The number of carbonyl (C=O) groups is 1. The Morgan fingerprint density at radius 1 is 1.23 bits per heavy atom. The molecule has 0 saturated carbocycles. The van der Waals surface area contributed by atoms with Gasteiger partial charge in [-0.2, -0.15) is 4.98 Å². The van der Waals surface area contributed by atoms with Crippen LogP contribution in [0.1, 0.15) is 32.5 Å². The van der Waals surface area contributed by atoms with Gasteiger partial charge in [0.25, 0.3) is 0 Å². The van der Waals surface area contributed by atoms with Crippen molar-refractivity contribution in [3.63, 3.8) is 0 Å². The number of aromatic nitrogens is 4. The van der Waals surface area contributed by atoms with E-state index in [1.807, 2.05) is 20.8 Å². The highest BCUT2D eigenvalue weighted by atomic mass is 35.5. The molecule has 1 amide bonds. The van der Waals surface area contributed by atoms with Gasteiger partial charge in [0.2, 0.25) is 11.9 Å². The molecule has 2 atom stereocenters. The van der Waals surface area contributed by atoms with Crippen LogP contribution in [-0.2, 0) is 4.74 Å². The van der Waals surface area contributed by atoms with Crippen LogP contribution in [0.5, 0.6) is 0 Å². The molecule has 1 saturated heterocycles. The molecule has 1 fully saturated rings. The van der Waals surface area contributed by atoms with Crippen LogP contribution in [0.15, 0.2) is 18.6 Å². The van der Waals surface area contributed by atoms with E-state index in [4.69, 9.17) is 27.9 Å². The fourth-order valence-corrected chi connectivity index (χ4v) is 2.83. The van der Waals surface area contributed by atoms with Gasteiger partial charge in [0, 0.05) is 6.20 Å². The second-order valence-electron chi connectivity index (χ2n) is 6.26. The fourth-order valence-electron chi connectivity index (χ4n) is 2.56. The highest BCUT2D eigenvalue weighted by molar-refractivity contribution is 6.41. The zero-order valence-electron chi connectivity index (χ0n) is 14.5. The van der Waals surface area contributed by atoms with Crippen LogP contribution in [0.2, 0.25) is 10.0 Å². The summed E-state index contributed by atoms with van der Waals surface area (Å²) in [6, 6.07) is 1.33. The summed E-state index contributed by atoms with van der Waals surface area (Å²) < 4.78 is 5.14. The lowest BCUT2D eigenvalue weighted by Crippen LogP contribution is -2.38. The Labute approximate surface area is 160 Å². The van der Waals surface area contributed by atoms with Crippen LogP contribution in [-0.4, -0.2) is 38.7 Å². The maximum Gasteiger partial charge on any atom is 0.417 e. The number of carbonyl (C=O) groups excluding carboxylic acids is 1. The standard InChI is InChI=1S/C16H18Cl2N6O2/c1-8(2)13-6-26-16(25)24(13)15-21-7-20-14(23-15)22-9(3)12-4-10(17)11(18)5-19-12/h4-5,7-9,13H,6H2,1-3H3,(H,20,21,22,23)/t9-,13?/m0/s1. The Kier molecular flexibility index (Phi) is 5.43. The van der Waals surface area contributed by atoms with Crippen molar-refractivity contribution in [1.29, 1.82) is 0 Å². The van der Waals surface area contributed by atoms with Crippen molar-refractivity contribution >= 4 is 41.2 Å². The number of anilines is 2. The quantitative estimate of drug-likeness (QED) is 0.822. The number of nitrogens with one attached hydrogen (secondary N) is 1. The molecule has 8 nitrogen and oxygen atoms in total. The Bertz CT molecular complexity index is 819. The number of nitrogens with zero attached hydrogens (tertiary/aromatic N) is 5. The second-order valence-corrected chi connectivity index (χ2v) is 7.07. The van der Waals surface area contributed by atoms with Crippen LogP contribution in [0.4, 0.5) is 16.7 Å². The molecule has 0 bridgehead atoms. The first-order chi connectivity index (χ1) is 12.4. The van der Waals surface area contributed by atoms with Gasteiger partial charge >= 0.3 is 6.09 Å². The predicted octanol–water partition coefficient (Wildman–Crippen LogP) is 3.73. The molecule has 0 radical (unpaired) electrons. The van der Waals surface area contributed by atoms with Gasteiger partial charge < -0.3 is 10.1 Å². The molecule has 10 heteroatoms. The Hall–Kier alpha value is -2.19. The van der Waals surface area contributed by atoms with Crippen molar-refractivity contribution < 1.29 is 9.53 Å². The second kappa shape index (κ2) is 7.59. The average Bonchev–Trinajstić information content (AvgIpc) is 2.99. The third-order valence-electron chi connectivity index (χ3n) is 4.07. The van der Waals surface area contributed by atoms with Gasteiger partial charge in [0.15, 0.2) is 0 Å². The Balaban J connectivity index is 1.81. The maximum absolute atomic E-state index is 12.1. The predicted molar refractivity (Wildman–Crippen MR) is 98.6 cm³/mol. The van der Waals surface area contributed by atoms with Crippen molar-refractivity contribution in [1.82, 2.24) is 19.9 Å². The van der Waals surface area contributed by atoms with Gasteiger partial charge in [-0.25, -0.2) is 19.7 Å². The van der Waals surface area contributed by atoms with Crippen LogP contribution in [0.25, 0.3) is 0 Å². The number of halogens is 2. The van der Waals surface area contributed by atoms with E-state index in [0.29, 0.717) is 28.3 Å². The minimum Gasteiger partial charge on any atom is -0.447 e. The number of ether oxygens (including phenoxy) is 1. The fraction of sp³-hybridized carbons (Fsp3) is 0.438. The summed E-state index contributed by atoms with van der Waals surface area (Å²) in [7, 11) is 0. The number of amides is 1. The zero-order chi connectivity index (χ0) is 18.8. The molecule has 2 aromatic rings. The maximum atomic E-state index is 12.1. The van der Waals surface area contributed by atoms with Crippen molar-refractivity contribution in [2.45, 2.75) is 32.9 Å². The summed E-state index contributed by atoms with van der Waals surface area (Å²) in [5.74, 6) is 0.768. The lowest BCUT2D eigenvalue weighted by atomic mass is 10.1. The first kappa shape index (κ1) is 18.6. The van der Waals surface area contributed by atoms with E-state index < -0.39 is 6.09 Å². The molecule has 2 aromatic heterocycles. The van der Waals surface area contributed by atoms with Gasteiger partial charge in [0.1, 0.15) is 12.9 Å². The van der Waals surface area contributed by atoms with Gasteiger partial charge in [-0.1, -0.05) is 37.0 Å². The number of pyridine rings is 1. The van der Waals surface area contributed by atoms with E-state index >= 15 is 0 Å². The number of cyclic esters (lactones) is 1. The highest BCUT2D eigenvalue weighted by Gasteiger charge is 2.38. The summed E-state index contributed by atoms with van der Waals surface area (Å²) in [6.45, 7) is 6.22. The van der Waals surface area contributed by atoms with Crippen LogP contribution in [0, 0.1) is 5.92 Å². The third kappa shape index (κ3) is 3.81. The molecular weight excluding hydrogens is 379 g/mol. The SMILES string of the molecule is CC(C)C1COC(=O)N1c1ncnc(N[C@@H](C)c2cc(Cl)c(Cl)cn2)n1. The van der Waals surface area contributed by atoms with E-state index in [0.717, 1.165) is 0 Å². The minimum atomic E-state index is -0.458. The van der Waals surface area contributed by atoms with E-state index in [1.165, 1.54) is 17.4 Å². The summed E-state index contributed by atoms with van der Waals surface area (Å²) in [5, 5.41) is 3.93. The number of hydrogen-bond acceptors (Lipinski definition) is 7. The van der Waals surface area contributed by atoms with Gasteiger partial charge in [-0.15, -0.1) is 0 Å². The monoisotopic (exact) mass is 396 g/mol. The van der Waals surface area contributed by atoms with Crippen molar-refractivity contribution in [3.8, 4) is 0 Å². The minimum absolute atomic E-state index is 0.119. The molecule has 138 valence electrons. The molecule has 0 aromatic carbocycles. The highest BCUT2D eigenvalue weighted by Crippen LogP contribution is 2.26. The van der Waals surface area contributed by atoms with Crippen molar-refractivity contribution in [3.05, 3.63) is 34.3 Å². The largest absolute Gasteiger partial charge is 0.447 e.